The van der Waals surface area contributed by atoms with Crippen LogP contribution in [-0.4, -0.2) is 12.9 Å². The number of rotatable bonds is 2. The highest BCUT2D eigenvalue weighted by molar-refractivity contribution is 5.97. The lowest BCUT2D eigenvalue weighted by molar-refractivity contribution is 0.101. The molecule has 0 fully saturated rings. The van der Waals surface area contributed by atoms with Gasteiger partial charge in [0.05, 0.1) is 24.3 Å². The molecule has 0 bridgehead atoms. The van der Waals surface area contributed by atoms with Gasteiger partial charge in [0, 0.05) is 5.56 Å². The van der Waals surface area contributed by atoms with Gasteiger partial charge in [-0.25, -0.2) is 0 Å². The second-order valence-electron chi connectivity index (χ2n) is 2.99. The molecule has 1 aromatic rings. The summed E-state index contributed by atoms with van der Waals surface area (Å²) >= 11 is 0. The van der Waals surface area contributed by atoms with Crippen LogP contribution < -0.4 is 4.74 Å². The Bertz CT molecular complexity index is 416. The van der Waals surface area contributed by atoms with Crippen molar-refractivity contribution in [2.24, 2.45) is 0 Å². The SMILES string of the molecule is COc1c(C(C)=O)ccc(C#N)c1C. The molecule has 3 heteroatoms. The first-order valence-corrected chi connectivity index (χ1v) is 4.20. The Hall–Kier alpha value is -1.82. The zero-order valence-corrected chi connectivity index (χ0v) is 8.42. The Morgan fingerprint density at radius 3 is 2.57 bits per heavy atom. The summed E-state index contributed by atoms with van der Waals surface area (Å²) in [5, 5.41) is 8.78. The molecule has 1 aromatic carbocycles. The summed E-state index contributed by atoms with van der Waals surface area (Å²) in [6.45, 7) is 3.24. The molecule has 0 unspecified atom stereocenters. The summed E-state index contributed by atoms with van der Waals surface area (Å²) in [6.07, 6.45) is 0. The molecule has 0 N–H and O–H groups in total. The second kappa shape index (κ2) is 3.93. The molecular weight excluding hydrogens is 178 g/mol. The highest BCUT2D eigenvalue weighted by Gasteiger charge is 2.12. The molecule has 0 aliphatic heterocycles. The molecule has 3 nitrogen and oxygen atoms in total. The van der Waals surface area contributed by atoms with E-state index >= 15 is 0 Å². The number of carbonyl (C=O) groups is 1. The standard InChI is InChI=1S/C11H11NO2/c1-7-9(6-12)4-5-10(8(2)13)11(7)14-3/h4-5H,1-3H3. The van der Waals surface area contributed by atoms with Crippen LogP contribution in [0.3, 0.4) is 0 Å². The predicted molar refractivity (Wildman–Crippen MR) is 52.5 cm³/mol. The van der Waals surface area contributed by atoms with E-state index in [9.17, 15) is 4.79 Å². The van der Waals surface area contributed by atoms with E-state index in [-0.39, 0.29) is 5.78 Å². The minimum Gasteiger partial charge on any atom is -0.496 e. The first kappa shape index (κ1) is 10.3. The smallest absolute Gasteiger partial charge is 0.163 e. The molecule has 0 aliphatic rings. The summed E-state index contributed by atoms with van der Waals surface area (Å²) in [4.78, 5) is 11.2. The lowest BCUT2D eigenvalue weighted by Crippen LogP contribution is -2.00. The fourth-order valence-electron chi connectivity index (χ4n) is 1.35. The van der Waals surface area contributed by atoms with Crippen LogP contribution in [0.4, 0.5) is 0 Å². The number of methoxy groups -OCH3 is 1. The van der Waals surface area contributed by atoms with Gasteiger partial charge in [-0.15, -0.1) is 0 Å². The maximum absolute atomic E-state index is 11.2. The Morgan fingerprint density at radius 2 is 2.14 bits per heavy atom. The lowest BCUT2D eigenvalue weighted by atomic mass is 10.0. The van der Waals surface area contributed by atoms with Crippen molar-refractivity contribution in [3.63, 3.8) is 0 Å². The van der Waals surface area contributed by atoms with Gasteiger partial charge in [-0.05, 0) is 26.0 Å². The number of hydrogen-bond acceptors (Lipinski definition) is 3. The van der Waals surface area contributed by atoms with Gasteiger partial charge in [-0.1, -0.05) is 0 Å². The fourth-order valence-corrected chi connectivity index (χ4v) is 1.35. The first-order chi connectivity index (χ1) is 6.61. The van der Waals surface area contributed by atoms with E-state index in [0.29, 0.717) is 22.4 Å². The molecule has 1 rings (SSSR count). The molecule has 14 heavy (non-hydrogen) atoms. The first-order valence-electron chi connectivity index (χ1n) is 4.20. The molecule has 0 amide bonds. The predicted octanol–water partition coefficient (Wildman–Crippen LogP) is 2.08. The van der Waals surface area contributed by atoms with Gasteiger partial charge in [-0.3, -0.25) is 4.79 Å². The number of carbonyl (C=O) groups excluding carboxylic acids is 1. The number of hydrogen-bond donors (Lipinski definition) is 0. The van der Waals surface area contributed by atoms with Crippen LogP contribution in [-0.2, 0) is 0 Å². The summed E-state index contributed by atoms with van der Waals surface area (Å²) in [6, 6.07) is 5.30. The molecule has 0 aliphatic carbocycles. The third kappa shape index (κ3) is 1.60. The van der Waals surface area contributed by atoms with Crippen molar-refractivity contribution in [3.05, 3.63) is 28.8 Å². The van der Waals surface area contributed by atoms with Gasteiger partial charge in [0.2, 0.25) is 0 Å². The number of Topliss-reactive ketones (excluding diaryl/α,β-unsaturated/α-hetero) is 1. The van der Waals surface area contributed by atoms with Crippen LogP contribution in [0, 0.1) is 18.3 Å². The van der Waals surface area contributed by atoms with Gasteiger partial charge in [-0.2, -0.15) is 5.26 Å². The number of ether oxygens (including phenoxy) is 1. The van der Waals surface area contributed by atoms with Crippen LogP contribution in [0.1, 0.15) is 28.4 Å². The maximum Gasteiger partial charge on any atom is 0.163 e. The molecule has 0 heterocycles. The molecule has 0 atom stereocenters. The minimum atomic E-state index is -0.0607. The van der Waals surface area contributed by atoms with Gasteiger partial charge in [0.15, 0.2) is 5.78 Å². The third-order valence-corrected chi connectivity index (χ3v) is 2.11. The average Bonchev–Trinajstić information content (AvgIpc) is 2.17. The normalized spacial score (nSPS) is 9.29. The van der Waals surface area contributed by atoms with E-state index in [2.05, 4.69) is 0 Å². The molecule has 0 saturated heterocycles. The van der Waals surface area contributed by atoms with Crippen molar-refractivity contribution in [2.75, 3.05) is 7.11 Å². The van der Waals surface area contributed by atoms with Crippen molar-refractivity contribution in [1.29, 1.82) is 5.26 Å². The summed E-state index contributed by atoms with van der Waals surface area (Å²) in [7, 11) is 1.50. The van der Waals surface area contributed by atoms with E-state index in [1.165, 1.54) is 14.0 Å². The van der Waals surface area contributed by atoms with E-state index < -0.39 is 0 Å². The van der Waals surface area contributed by atoms with E-state index in [0.717, 1.165) is 0 Å². The summed E-state index contributed by atoms with van der Waals surface area (Å²) in [5.74, 6) is 0.436. The Kier molecular flexibility index (Phi) is 2.88. The molecule has 72 valence electrons. The monoisotopic (exact) mass is 189 g/mol. The van der Waals surface area contributed by atoms with E-state index in [4.69, 9.17) is 10.00 Å². The Labute approximate surface area is 82.9 Å². The van der Waals surface area contributed by atoms with Crippen LogP contribution in [0.15, 0.2) is 12.1 Å². The zero-order chi connectivity index (χ0) is 10.7. The average molecular weight is 189 g/mol. The molecule has 0 saturated carbocycles. The molecular formula is C11H11NO2. The van der Waals surface area contributed by atoms with Crippen LogP contribution >= 0.6 is 0 Å². The number of ketones is 1. The van der Waals surface area contributed by atoms with E-state index in [1.807, 2.05) is 6.07 Å². The lowest BCUT2D eigenvalue weighted by Gasteiger charge is -2.09. The van der Waals surface area contributed by atoms with Gasteiger partial charge >= 0.3 is 0 Å². The molecule has 0 spiro atoms. The second-order valence-corrected chi connectivity index (χ2v) is 2.99. The topological polar surface area (TPSA) is 50.1 Å². The molecule has 0 aromatic heterocycles. The third-order valence-electron chi connectivity index (χ3n) is 2.11. The van der Waals surface area contributed by atoms with E-state index in [1.54, 1.807) is 19.1 Å². The number of nitrogens with zero attached hydrogens (tertiary/aromatic N) is 1. The van der Waals surface area contributed by atoms with Crippen LogP contribution in [0.5, 0.6) is 5.75 Å². The van der Waals surface area contributed by atoms with Crippen molar-refractivity contribution >= 4 is 5.78 Å². The van der Waals surface area contributed by atoms with Gasteiger partial charge in [0.1, 0.15) is 5.75 Å². The van der Waals surface area contributed by atoms with Crippen LogP contribution in [0.25, 0.3) is 0 Å². The summed E-state index contributed by atoms with van der Waals surface area (Å²) in [5.41, 5.74) is 1.76. The highest BCUT2D eigenvalue weighted by atomic mass is 16.5. The van der Waals surface area contributed by atoms with Gasteiger partial charge < -0.3 is 4.74 Å². The fraction of sp³-hybridized carbons (Fsp3) is 0.273. The zero-order valence-electron chi connectivity index (χ0n) is 8.42. The van der Waals surface area contributed by atoms with Crippen molar-refractivity contribution < 1.29 is 9.53 Å². The quantitative estimate of drug-likeness (QED) is 0.669. The summed E-state index contributed by atoms with van der Waals surface area (Å²) < 4.78 is 5.11. The van der Waals surface area contributed by atoms with Crippen molar-refractivity contribution in [3.8, 4) is 11.8 Å². The van der Waals surface area contributed by atoms with Crippen molar-refractivity contribution in [2.45, 2.75) is 13.8 Å². The van der Waals surface area contributed by atoms with Gasteiger partial charge in [0.25, 0.3) is 0 Å². The Morgan fingerprint density at radius 1 is 1.50 bits per heavy atom. The Balaban J connectivity index is 3.45. The van der Waals surface area contributed by atoms with Crippen LogP contribution in [0.2, 0.25) is 0 Å². The minimum absolute atomic E-state index is 0.0607. The number of benzene rings is 1. The highest BCUT2D eigenvalue weighted by Crippen LogP contribution is 2.26. The largest absolute Gasteiger partial charge is 0.496 e. The maximum atomic E-state index is 11.2. The molecule has 0 radical (unpaired) electrons. The van der Waals surface area contributed by atoms with Crippen molar-refractivity contribution in [1.82, 2.24) is 0 Å². The number of nitriles is 1.